The van der Waals surface area contributed by atoms with Crippen LogP contribution >= 0.6 is 0 Å². The van der Waals surface area contributed by atoms with Gasteiger partial charge in [0.15, 0.2) is 11.5 Å². The van der Waals surface area contributed by atoms with Gasteiger partial charge in [-0.05, 0) is 48.5 Å². The molecule has 8 nitrogen and oxygen atoms in total. The summed E-state index contributed by atoms with van der Waals surface area (Å²) in [5.41, 5.74) is 0.855. The first-order valence-electron chi connectivity index (χ1n) is 10.3. The molecule has 0 heterocycles. The molecule has 0 spiro atoms. The van der Waals surface area contributed by atoms with E-state index in [1.54, 1.807) is 60.7 Å². The summed E-state index contributed by atoms with van der Waals surface area (Å²) in [6.45, 7) is 3.53. The molecule has 0 radical (unpaired) electrons. The van der Waals surface area contributed by atoms with E-state index in [0.29, 0.717) is 29.5 Å². The van der Waals surface area contributed by atoms with Crippen molar-refractivity contribution in [3.63, 3.8) is 0 Å². The molecule has 1 amide bonds. The van der Waals surface area contributed by atoms with Crippen LogP contribution in [0.25, 0.3) is 0 Å². The zero-order chi connectivity index (χ0) is 24.6. The predicted molar refractivity (Wildman–Crippen MR) is 131 cm³/mol. The molecule has 34 heavy (non-hydrogen) atoms. The Hall–Kier alpha value is -3.98. The van der Waals surface area contributed by atoms with Gasteiger partial charge < -0.3 is 19.5 Å². The summed E-state index contributed by atoms with van der Waals surface area (Å²) in [4.78, 5) is 12.8. The van der Waals surface area contributed by atoms with E-state index in [-0.39, 0.29) is 10.6 Å². The highest BCUT2D eigenvalue weighted by Gasteiger charge is 2.28. The van der Waals surface area contributed by atoms with Gasteiger partial charge in [-0.2, -0.15) is 0 Å². The monoisotopic (exact) mass is 482 g/mol. The Balaban J connectivity index is 1.87. The summed E-state index contributed by atoms with van der Waals surface area (Å²) in [5.74, 6) is 0.776. The molecule has 3 aromatic rings. The fourth-order valence-electron chi connectivity index (χ4n) is 3.13. The van der Waals surface area contributed by atoms with E-state index in [2.05, 4.69) is 11.9 Å². The standard InChI is InChI=1S/C25H26N2O6S/c1-4-16-33-21-12-10-19(11-13-21)26-25(28)18-27(20-8-6-5-7-9-20)34(29,30)22-14-15-23(31-2)24(17-22)32-3/h4-15,17H,1,16,18H2,2-3H3,(H,26,28). The number of carbonyl (C=O) groups is 1. The van der Waals surface area contributed by atoms with Crippen molar-refractivity contribution in [1.82, 2.24) is 0 Å². The number of nitrogens with one attached hydrogen (secondary N) is 1. The Bertz CT molecular complexity index is 1230. The molecular weight excluding hydrogens is 456 g/mol. The van der Waals surface area contributed by atoms with E-state index in [1.165, 1.54) is 32.4 Å². The second-order valence-electron chi connectivity index (χ2n) is 7.04. The molecule has 0 saturated heterocycles. The third-order valence-electron chi connectivity index (χ3n) is 4.78. The summed E-state index contributed by atoms with van der Waals surface area (Å²) in [6.07, 6.45) is 1.63. The van der Waals surface area contributed by atoms with Gasteiger partial charge in [0.05, 0.1) is 24.8 Å². The Morgan fingerprint density at radius 2 is 1.65 bits per heavy atom. The number of carbonyl (C=O) groups excluding carboxylic acids is 1. The van der Waals surface area contributed by atoms with Crippen LogP contribution < -0.4 is 23.8 Å². The Morgan fingerprint density at radius 3 is 2.26 bits per heavy atom. The van der Waals surface area contributed by atoms with Crippen LogP contribution in [0.3, 0.4) is 0 Å². The highest BCUT2D eigenvalue weighted by atomic mass is 32.2. The maximum Gasteiger partial charge on any atom is 0.264 e. The van der Waals surface area contributed by atoms with Gasteiger partial charge in [0.25, 0.3) is 10.0 Å². The minimum absolute atomic E-state index is 0.0366. The van der Waals surface area contributed by atoms with E-state index in [4.69, 9.17) is 14.2 Å². The van der Waals surface area contributed by atoms with Crippen LogP contribution in [0.4, 0.5) is 11.4 Å². The van der Waals surface area contributed by atoms with Gasteiger partial charge in [-0.1, -0.05) is 30.9 Å². The van der Waals surface area contributed by atoms with Crippen molar-refractivity contribution in [2.24, 2.45) is 0 Å². The number of anilines is 2. The first kappa shape index (κ1) is 24.7. The van der Waals surface area contributed by atoms with E-state index in [9.17, 15) is 13.2 Å². The number of benzene rings is 3. The molecule has 0 bridgehead atoms. The van der Waals surface area contributed by atoms with Crippen molar-refractivity contribution in [3.05, 3.63) is 85.5 Å². The van der Waals surface area contributed by atoms with Gasteiger partial charge in [0.1, 0.15) is 18.9 Å². The molecular formula is C25H26N2O6S. The van der Waals surface area contributed by atoms with E-state index in [0.717, 1.165) is 4.31 Å². The predicted octanol–water partition coefficient (Wildman–Crippen LogP) is 4.10. The van der Waals surface area contributed by atoms with Gasteiger partial charge in [-0.15, -0.1) is 0 Å². The molecule has 3 rings (SSSR count). The van der Waals surface area contributed by atoms with Crippen LogP contribution in [-0.2, 0) is 14.8 Å². The van der Waals surface area contributed by atoms with Crippen molar-refractivity contribution in [2.75, 3.05) is 37.0 Å². The van der Waals surface area contributed by atoms with Gasteiger partial charge in [0, 0.05) is 11.8 Å². The molecule has 3 aromatic carbocycles. The lowest BCUT2D eigenvalue weighted by molar-refractivity contribution is -0.114. The molecule has 0 aliphatic rings. The first-order chi connectivity index (χ1) is 16.4. The van der Waals surface area contributed by atoms with Crippen LogP contribution in [-0.4, -0.2) is 41.7 Å². The number of ether oxygens (including phenoxy) is 3. The molecule has 0 saturated carbocycles. The summed E-state index contributed by atoms with van der Waals surface area (Å²) in [7, 11) is -1.22. The minimum Gasteiger partial charge on any atom is -0.493 e. The Labute approximate surface area is 199 Å². The van der Waals surface area contributed by atoms with E-state index >= 15 is 0 Å². The highest BCUT2D eigenvalue weighted by Crippen LogP contribution is 2.32. The fraction of sp³-hybridized carbons (Fsp3) is 0.160. The van der Waals surface area contributed by atoms with E-state index < -0.39 is 22.5 Å². The van der Waals surface area contributed by atoms with Crippen LogP contribution in [0.2, 0.25) is 0 Å². The number of sulfonamides is 1. The van der Waals surface area contributed by atoms with Crippen LogP contribution in [0.5, 0.6) is 17.2 Å². The topological polar surface area (TPSA) is 94.2 Å². The van der Waals surface area contributed by atoms with Gasteiger partial charge in [-0.3, -0.25) is 9.10 Å². The quantitative estimate of drug-likeness (QED) is 0.414. The molecule has 0 atom stereocenters. The molecule has 0 fully saturated rings. The smallest absolute Gasteiger partial charge is 0.264 e. The Kier molecular flexibility index (Phi) is 8.15. The molecule has 0 unspecified atom stereocenters. The van der Waals surface area contributed by atoms with Crippen LogP contribution in [0.1, 0.15) is 0 Å². The maximum absolute atomic E-state index is 13.6. The van der Waals surface area contributed by atoms with E-state index in [1.807, 2.05) is 0 Å². The summed E-state index contributed by atoms with van der Waals surface area (Å²) < 4.78 is 44.0. The van der Waals surface area contributed by atoms with Gasteiger partial charge in [-0.25, -0.2) is 8.42 Å². The van der Waals surface area contributed by atoms with Gasteiger partial charge >= 0.3 is 0 Å². The number of hydrogen-bond donors (Lipinski definition) is 1. The van der Waals surface area contributed by atoms with Crippen molar-refractivity contribution < 1.29 is 27.4 Å². The number of para-hydroxylation sites is 1. The van der Waals surface area contributed by atoms with Gasteiger partial charge in [0.2, 0.25) is 5.91 Å². The minimum atomic E-state index is -4.11. The zero-order valence-electron chi connectivity index (χ0n) is 18.9. The number of hydrogen-bond acceptors (Lipinski definition) is 6. The molecule has 1 N–H and O–H groups in total. The van der Waals surface area contributed by atoms with Crippen LogP contribution in [0.15, 0.2) is 90.3 Å². The lowest BCUT2D eigenvalue weighted by Crippen LogP contribution is -2.38. The normalized spacial score (nSPS) is 10.8. The first-order valence-corrected chi connectivity index (χ1v) is 11.8. The van der Waals surface area contributed by atoms with Crippen molar-refractivity contribution >= 4 is 27.3 Å². The summed E-state index contributed by atoms with van der Waals surface area (Å²) >= 11 is 0. The number of methoxy groups -OCH3 is 2. The molecule has 178 valence electrons. The second-order valence-corrected chi connectivity index (χ2v) is 8.90. The average molecular weight is 483 g/mol. The third kappa shape index (κ3) is 5.87. The van der Waals surface area contributed by atoms with Crippen LogP contribution in [0, 0.1) is 0 Å². The third-order valence-corrected chi connectivity index (χ3v) is 6.55. The highest BCUT2D eigenvalue weighted by molar-refractivity contribution is 7.92. The SMILES string of the molecule is C=CCOc1ccc(NC(=O)CN(c2ccccc2)S(=O)(=O)c2ccc(OC)c(OC)c2)cc1. The molecule has 0 aromatic heterocycles. The fourth-order valence-corrected chi connectivity index (χ4v) is 4.57. The average Bonchev–Trinajstić information content (AvgIpc) is 2.86. The largest absolute Gasteiger partial charge is 0.493 e. The van der Waals surface area contributed by atoms with Crippen molar-refractivity contribution in [1.29, 1.82) is 0 Å². The lowest BCUT2D eigenvalue weighted by Gasteiger charge is -2.24. The van der Waals surface area contributed by atoms with Crippen molar-refractivity contribution in [3.8, 4) is 17.2 Å². The molecule has 0 aliphatic carbocycles. The second kappa shape index (κ2) is 11.2. The van der Waals surface area contributed by atoms with Crippen molar-refractivity contribution in [2.45, 2.75) is 4.90 Å². The molecule has 9 heteroatoms. The molecule has 0 aliphatic heterocycles. The zero-order valence-corrected chi connectivity index (χ0v) is 19.7. The Morgan fingerprint density at radius 1 is 0.971 bits per heavy atom. The maximum atomic E-state index is 13.6. The summed E-state index contributed by atoms with van der Waals surface area (Å²) in [6, 6.07) is 19.4. The number of amides is 1. The number of nitrogens with zero attached hydrogens (tertiary/aromatic N) is 1. The number of rotatable bonds is 11. The lowest BCUT2D eigenvalue weighted by atomic mass is 10.3. The summed E-state index contributed by atoms with van der Waals surface area (Å²) in [5, 5.41) is 2.72.